The molecule has 0 aliphatic rings. The summed E-state index contributed by atoms with van der Waals surface area (Å²) in [5.74, 6) is -0.399. The number of ether oxygens (including phenoxy) is 1. The minimum atomic E-state index is -0.994. The van der Waals surface area contributed by atoms with Crippen LogP contribution in [0.3, 0.4) is 0 Å². The average Bonchev–Trinajstić information content (AvgIpc) is 2.71. The SMILES string of the molecule is COc1cc2nc[nH]c2cc1/C=C/C(=O)O. The Morgan fingerprint density at radius 1 is 1.56 bits per heavy atom. The van der Waals surface area contributed by atoms with Crippen molar-refractivity contribution in [3.63, 3.8) is 0 Å². The molecule has 0 unspecified atom stereocenters. The normalized spacial score (nSPS) is 11.1. The molecule has 2 rings (SSSR count). The number of aromatic nitrogens is 2. The van der Waals surface area contributed by atoms with Crippen molar-refractivity contribution in [3.05, 3.63) is 30.1 Å². The Balaban J connectivity index is 2.52. The smallest absolute Gasteiger partial charge is 0.328 e. The number of fused-ring (bicyclic) bond motifs is 1. The second-order valence-corrected chi connectivity index (χ2v) is 3.19. The number of carboxylic acids is 1. The Kier molecular flexibility index (Phi) is 2.59. The summed E-state index contributed by atoms with van der Waals surface area (Å²) < 4.78 is 5.16. The molecule has 1 aromatic heterocycles. The Morgan fingerprint density at radius 2 is 2.38 bits per heavy atom. The molecule has 82 valence electrons. The number of nitrogens with one attached hydrogen (secondary N) is 1. The summed E-state index contributed by atoms with van der Waals surface area (Å²) in [5, 5.41) is 8.56. The van der Waals surface area contributed by atoms with E-state index in [0.717, 1.165) is 17.1 Å². The standard InChI is InChI=1S/C11H10N2O3/c1-16-10-5-9-8(12-6-13-9)4-7(10)2-3-11(14)15/h2-6H,1H3,(H,12,13)(H,14,15)/b3-2+. The number of methoxy groups -OCH3 is 1. The molecule has 0 radical (unpaired) electrons. The van der Waals surface area contributed by atoms with Crippen molar-refractivity contribution in [2.45, 2.75) is 0 Å². The van der Waals surface area contributed by atoms with Crippen LogP contribution in [0, 0.1) is 0 Å². The van der Waals surface area contributed by atoms with Gasteiger partial charge in [0.1, 0.15) is 5.75 Å². The Hall–Kier alpha value is -2.30. The van der Waals surface area contributed by atoms with Gasteiger partial charge in [-0.15, -0.1) is 0 Å². The predicted molar refractivity (Wildman–Crippen MR) is 59.3 cm³/mol. The molecule has 0 saturated heterocycles. The number of benzene rings is 1. The Bertz CT molecular complexity index is 557. The first-order valence-corrected chi connectivity index (χ1v) is 4.63. The van der Waals surface area contributed by atoms with Gasteiger partial charge in [-0.2, -0.15) is 0 Å². The maximum atomic E-state index is 10.4. The quantitative estimate of drug-likeness (QED) is 0.768. The van der Waals surface area contributed by atoms with Crippen LogP contribution in [0.1, 0.15) is 5.56 Å². The summed E-state index contributed by atoms with van der Waals surface area (Å²) in [6.07, 6.45) is 4.14. The van der Waals surface area contributed by atoms with Gasteiger partial charge in [0.25, 0.3) is 0 Å². The molecule has 0 amide bonds. The molecule has 0 bridgehead atoms. The molecule has 2 aromatic rings. The van der Waals surface area contributed by atoms with Crippen molar-refractivity contribution < 1.29 is 14.6 Å². The highest BCUT2D eigenvalue weighted by Gasteiger charge is 2.04. The molecule has 0 aliphatic heterocycles. The first-order chi connectivity index (χ1) is 7.70. The summed E-state index contributed by atoms with van der Waals surface area (Å²) in [5.41, 5.74) is 2.32. The highest BCUT2D eigenvalue weighted by molar-refractivity contribution is 5.88. The fourth-order valence-electron chi connectivity index (χ4n) is 1.45. The second-order valence-electron chi connectivity index (χ2n) is 3.19. The third kappa shape index (κ3) is 1.88. The van der Waals surface area contributed by atoms with E-state index in [0.29, 0.717) is 11.3 Å². The monoisotopic (exact) mass is 218 g/mol. The van der Waals surface area contributed by atoms with Crippen LogP contribution < -0.4 is 4.74 Å². The van der Waals surface area contributed by atoms with Gasteiger partial charge in [0, 0.05) is 17.7 Å². The lowest BCUT2D eigenvalue weighted by molar-refractivity contribution is -0.131. The van der Waals surface area contributed by atoms with E-state index >= 15 is 0 Å². The number of carbonyl (C=O) groups is 1. The lowest BCUT2D eigenvalue weighted by Crippen LogP contribution is -1.89. The second kappa shape index (κ2) is 4.06. The Morgan fingerprint density at radius 3 is 3.06 bits per heavy atom. The molecule has 5 nitrogen and oxygen atoms in total. The minimum absolute atomic E-state index is 0.595. The summed E-state index contributed by atoms with van der Waals surface area (Å²) in [4.78, 5) is 17.5. The Labute approximate surface area is 91.4 Å². The number of aromatic amines is 1. The number of nitrogens with zero attached hydrogens (tertiary/aromatic N) is 1. The highest BCUT2D eigenvalue weighted by atomic mass is 16.5. The van der Waals surface area contributed by atoms with Crippen molar-refractivity contribution in [1.29, 1.82) is 0 Å². The maximum absolute atomic E-state index is 10.4. The van der Waals surface area contributed by atoms with E-state index < -0.39 is 5.97 Å². The zero-order valence-electron chi connectivity index (χ0n) is 8.60. The van der Waals surface area contributed by atoms with E-state index in [2.05, 4.69) is 9.97 Å². The predicted octanol–water partition coefficient (Wildman–Crippen LogP) is 1.67. The summed E-state index contributed by atoms with van der Waals surface area (Å²) in [6, 6.07) is 3.55. The van der Waals surface area contributed by atoms with Gasteiger partial charge < -0.3 is 14.8 Å². The first kappa shape index (κ1) is 10.2. The van der Waals surface area contributed by atoms with Crippen LogP contribution in [0.5, 0.6) is 5.75 Å². The number of hydrogen-bond donors (Lipinski definition) is 2. The third-order valence-corrected chi connectivity index (χ3v) is 2.18. The molecule has 2 N–H and O–H groups in total. The molecular formula is C11H10N2O3. The molecule has 0 spiro atoms. The van der Waals surface area contributed by atoms with E-state index in [1.807, 2.05) is 0 Å². The van der Waals surface area contributed by atoms with Gasteiger partial charge in [-0.3, -0.25) is 0 Å². The van der Waals surface area contributed by atoms with Crippen molar-refractivity contribution >= 4 is 23.1 Å². The van der Waals surface area contributed by atoms with Gasteiger partial charge in [-0.1, -0.05) is 0 Å². The van der Waals surface area contributed by atoms with Crippen LogP contribution >= 0.6 is 0 Å². The van der Waals surface area contributed by atoms with Gasteiger partial charge in [-0.25, -0.2) is 9.78 Å². The lowest BCUT2D eigenvalue weighted by atomic mass is 10.1. The van der Waals surface area contributed by atoms with Crippen molar-refractivity contribution in [3.8, 4) is 5.75 Å². The fourth-order valence-corrected chi connectivity index (χ4v) is 1.45. The molecule has 0 fully saturated rings. The number of imidazole rings is 1. The molecular weight excluding hydrogens is 208 g/mol. The topological polar surface area (TPSA) is 75.2 Å². The average molecular weight is 218 g/mol. The van der Waals surface area contributed by atoms with Crippen LogP contribution in [-0.2, 0) is 4.79 Å². The largest absolute Gasteiger partial charge is 0.496 e. The first-order valence-electron chi connectivity index (χ1n) is 4.63. The molecule has 1 heterocycles. The number of H-pyrrole nitrogens is 1. The van der Waals surface area contributed by atoms with E-state index in [1.54, 1.807) is 18.5 Å². The number of rotatable bonds is 3. The molecule has 5 heteroatoms. The van der Waals surface area contributed by atoms with Gasteiger partial charge in [0.2, 0.25) is 0 Å². The highest BCUT2D eigenvalue weighted by Crippen LogP contribution is 2.24. The summed E-state index contributed by atoms with van der Waals surface area (Å²) in [6.45, 7) is 0. The number of hydrogen-bond acceptors (Lipinski definition) is 3. The van der Waals surface area contributed by atoms with Crippen LogP contribution in [0.2, 0.25) is 0 Å². The van der Waals surface area contributed by atoms with Gasteiger partial charge in [0.05, 0.1) is 24.5 Å². The van der Waals surface area contributed by atoms with Gasteiger partial charge in [-0.05, 0) is 12.1 Å². The summed E-state index contributed by atoms with van der Waals surface area (Å²) in [7, 11) is 1.53. The maximum Gasteiger partial charge on any atom is 0.328 e. The van der Waals surface area contributed by atoms with Gasteiger partial charge >= 0.3 is 5.97 Å². The van der Waals surface area contributed by atoms with E-state index in [4.69, 9.17) is 9.84 Å². The number of aliphatic carboxylic acids is 1. The molecule has 0 saturated carbocycles. The van der Waals surface area contributed by atoms with Crippen LogP contribution in [-0.4, -0.2) is 28.2 Å². The molecule has 0 atom stereocenters. The molecule has 16 heavy (non-hydrogen) atoms. The minimum Gasteiger partial charge on any atom is -0.496 e. The lowest BCUT2D eigenvalue weighted by Gasteiger charge is -2.04. The zero-order chi connectivity index (χ0) is 11.5. The van der Waals surface area contributed by atoms with Crippen molar-refractivity contribution in [2.24, 2.45) is 0 Å². The van der Waals surface area contributed by atoms with Crippen molar-refractivity contribution in [1.82, 2.24) is 9.97 Å². The van der Waals surface area contributed by atoms with E-state index in [-0.39, 0.29) is 0 Å². The number of carboxylic acid groups (broad SMARTS) is 1. The van der Waals surface area contributed by atoms with E-state index in [9.17, 15) is 4.79 Å². The third-order valence-electron chi connectivity index (χ3n) is 2.18. The van der Waals surface area contributed by atoms with E-state index in [1.165, 1.54) is 13.2 Å². The van der Waals surface area contributed by atoms with Gasteiger partial charge in [0.15, 0.2) is 0 Å². The van der Waals surface area contributed by atoms with Crippen LogP contribution in [0.4, 0.5) is 0 Å². The summed E-state index contributed by atoms with van der Waals surface area (Å²) >= 11 is 0. The van der Waals surface area contributed by atoms with Crippen LogP contribution in [0.25, 0.3) is 17.1 Å². The molecule has 1 aromatic carbocycles. The fraction of sp³-hybridized carbons (Fsp3) is 0.0909. The van der Waals surface area contributed by atoms with Crippen LogP contribution in [0.15, 0.2) is 24.5 Å². The molecule has 0 aliphatic carbocycles. The van der Waals surface area contributed by atoms with Crippen molar-refractivity contribution in [2.75, 3.05) is 7.11 Å². The zero-order valence-corrected chi connectivity index (χ0v) is 8.60.